The summed E-state index contributed by atoms with van der Waals surface area (Å²) in [6.45, 7) is 2.19. The summed E-state index contributed by atoms with van der Waals surface area (Å²) in [4.78, 5) is 10.8. The Morgan fingerprint density at radius 1 is 1.38 bits per heavy atom. The molecule has 0 aliphatic heterocycles. The zero-order valence-corrected chi connectivity index (χ0v) is 9.62. The van der Waals surface area contributed by atoms with Gasteiger partial charge in [0.2, 0.25) is 5.91 Å². The molecule has 16 heavy (non-hydrogen) atoms. The molecule has 2 nitrogen and oxygen atoms in total. The number of aryl methyl sites for hydroxylation is 1. The predicted octanol–water partition coefficient (Wildman–Crippen LogP) is 2.54. The number of hydrogen-bond acceptors (Lipinski definition) is 1. The van der Waals surface area contributed by atoms with E-state index in [9.17, 15) is 4.79 Å². The van der Waals surface area contributed by atoms with Gasteiger partial charge in [-0.15, -0.1) is 0 Å². The molecule has 0 spiro atoms. The standard InChI is InChI=1S/C14H17NO/c1-11(16)15-10-9-13-7-4-6-12-5-2-3-8-14(12)13/h2-3,5,8-9H,4,6-7,10H2,1H3,(H,15,16). The van der Waals surface area contributed by atoms with Crippen LogP contribution in [0.15, 0.2) is 30.3 Å². The summed E-state index contributed by atoms with van der Waals surface area (Å²) in [6, 6.07) is 8.54. The Hall–Kier alpha value is -1.57. The first-order valence-electron chi connectivity index (χ1n) is 5.79. The maximum atomic E-state index is 10.8. The van der Waals surface area contributed by atoms with Crippen LogP contribution >= 0.6 is 0 Å². The summed E-state index contributed by atoms with van der Waals surface area (Å²) in [5, 5.41) is 2.81. The second-order valence-corrected chi connectivity index (χ2v) is 4.18. The molecule has 1 aliphatic rings. The monoisotopic (exact) mass is 215 g/mol. The van der Waals surface area contributed by atoms with Gasteiger partial charge in [0.1, 0.15) is 0 Å². The van der Waals surface area contributed by atoms with Gasteiger partial charge in [-0.1, -0.05) is 30.3 Å². The summed E-state index contributed by atoms with van der Waals surface area (Å²) in [5.74, 6) is 0.0287. The van der Waals surface area contributed by atoms with Crippen LogP contribution in [-0.2, 0) is 11.2 Å². The number of carbonyl (C=O) groups excluding carboxylic acids is 1. The van der Waals surface area contributed by atoms with Crippen LogP contribution in [0.2, 0.25) is 0 Å². The van der Waals surface area contributed by atoms with Crippen molar-refractivity contribution in [1.29, 1.82) is 0 Å². The molecular weight excluding hydrogens is 198 g/mol. The van der Waals surface area contributed by atoms with E-state index < -0.39 is 0 Å². The van der Waals surface area contributed by atoms with E-state index in [0.717, 1.165) is 6.42 Å². The minimum atomic E-state index is 0.0287. The molecule has 84 valence electrons. The number of carbonyl (C=O) groups is 1. The van der Waals surface area contributed by atoms with Crippen molar-refractivity contribution in [2.45, 2.75) is 26.2 Å². The average molecular weight is 215 g/mol. The van der Waals surface area contributed by atoms with Gasteiger partial charge < -0.3 is 5.32 Å². The zero-order chi connectivity index (χ0) is 11.4. The third kappa shape index (κ3) is 2.51. The van der Waals surface area contributed by atoms with Crippen molar-refractivity contribution in [2.75, 3.05) is 6.54 Å². The lowest BCUT2D eigenvalue weighted by atomic mass is 9.87. The first-order valence-corrected chi connectivity index (χ1v) is 5.79. The van der Waals surface area contributed by atoms with Crippen LogP contribution in [0, 0.1) is 0 Å². The van der Waals surface area contributed by atoms with E-state index in [-0.39, 0.29) is 5.91 Å². The maximum Gasteiger partial charge on any atom is 0.217 e. The number of benzene rings is 1. The summed E-state index contributed by atoms with van der Waals surface area (Å²) >= 11 is 0. The van der Waals surface area contributed by atoms with Crippen LogP contribution in [0.25, 0.3) is 5.57 Å². The normalized spacial score (nSPS) is 16.9. The second-order valence-electron chi connectivity index (χ2n) is 4.18. The topological polar surface area (TPSA) is 29.1 Å². The number of rotatable bonds is 2. The summed E-state index contributed by atoms with van der Waals surface area (Å²) in [7, 11) is 0. The fraction of sp³-hybridized carbons (Fsp3) is 0.357. The fourth-order valence-electron chi connectivity index (χ4n) is 2.19. The van der Waals surface area contributed by atoms with Crippen molar-refractivity contribution in [1.82, 2.24) is 5.32 Å². The number of hydrogen-bond donors (Lipinski definition) is 1. The van der Waals surface area contributed by atoms with E-state index in [4.69, 9.17) is 0 Å². The molecule has 1 aromatic carbocycles. The van der Waals surface area contributed by atoms with Crippen LogP contribution in [0.4, 0.5) is 0 Å². The lowest BCUT2D eigenvalue weighted by Gasteiger charge is -2.18. The highest BCUT2D eigenvalue weighted by Gasteiger charge is 2.12. The first kappa shape index (κ1) is 10.9. The van der Waals surface area contributed by atoms with E-state index in [0.29, 0.717) is 6.54 Å². The Morgan fingerprint density at radius 2 is 2.19 bits per heavy atom. The molecule has 1 aliphatic carbocycles. The molecular formula is C14H17NO. The second kappa shape index (κ2) is 4.97. The molecule has 1 amide bonds. The van der Waals surface area contributed by atoms with Crippen molar-refractivity contribution in [3.05, 3.63) is 41.5 Å². The van der Waals surface area contributed by atoms with Gasteiger partial charge in [-0.2, -0.15) is 0 Å². The van der Waals surface area contributed by atoms with Crippen molar-refractivity contribution >= 4 is 11.5 Å². The molecule has 0 saturated heterocycles. The van der Waals surface area contributed by atoms with Crippen LogP contribution in [0.3, 0.4) is 0 Å². The highest BCUT2D eigenvalue weighted by Crippen LogP contribution is 2.29. The summed E-state index contributed by atoms with van der Waals surface area (Å²) in [5.41, 5.74) is 4.16. The summed E-state index contributed by atoms with van der Waals surface area (Å²) < 4.78 is 0. The molecule has 0 atom stereocenters. The molecule has 0 saturated carbocycles. The van der Waals surface area contributed by atoms with Crippen LogP contribution in [-0.4, -0.2) is 12.5 Å². The number of fused-ring (bicyclic) bond motifs is 1. The number of amides is 1. The molecule has 0 radical (unpaired) electrons. The Balaban J connectivity index is 2.15. The van der Waals surface area contributed by atoms with E-state index >= 15 is 0 Å². The highest BCUT2D eigenvalue weighted by atomic mass is 16.1. The number of nitrogens with one attached hydrogen (secondary N) is 1. The van der Waals surface area contributed by atoms with Crippen molar-refractivity contribution in [3.8, 4) is 0 Å². The molecule has 0 fully saturated rings. The van der Waals surface area contributed by atoms with Crippen LogP contribution in [0.1, 0.15) is 30.9 Å². The van der Waals surface area contributed by atoms with Gasteiger partial charge in [-0.25, -0.2) is 0 Å². The zero-order valence-electron chi connectivity index (χ0n) is 9.62. The van der Waals surface area contributed by atoms with Crippen LogP contribution < -0.4 is 5.32 Å². The van der Waals surface area contributed by atoms with E-state index in [1.165, 1.54) is 29.5 Å². The van der Waals surface area contributed by atoms with Gasteiger partial charge in [0.25, 0.3) is 0 Å². The lowest BCUT2D eigenvalue weighted by molar-refractivity contribution is -0.118. The van der Waals surface area contributed by atoms with Gasteiger partial charge in [0.15, 0.2) is 0 Å². The largest absolute Gasteiger partial charge is 0.353 e. The molecule has 2 rings (SSSR count). The molecule has 0 heterocycles. The smallest absolute Gasteiger partial charge is 0.217 e. The Labute approximate surface area is 96.4 Å². The highest BCUT2D eigenvalue weighted by molar-refractivity contribution is 5.74. The van der Waals surface area contributed by atoms with Gasteiger partial charge in [0.05, 0.1) is 0 Å². The predicted molar refractivity (Wildman–Crippen MR) is 66.0 cm³/mol. The molecule has 1 aromatic rings. The third-order valence-corrected chi connectivity index (χ3v) is 2.96. The molecule has 0 aromatic heterocycles. The van der Waals surface area contributed by atoms with Gasteiger partial charge in [0, 0.05) is 13.5 Å². The first-order chi connectivity index (χ1) is 7.77. The molecule has 2 heteroatoms. The Bertz CT molecular complexity index is 420. The van der Waals surface area contributed by atoms with Crippen molar-refractivity contribution < 1.29 is 4.79 Å². The molecule has 0 bridgehead atoms. The Morgan fingerprint density at radius 3 is 3.00 bits per heavy atom. The van der Waals surface area contributed by atoms with Crippen molar-refractivity contribution in [2.24, 2.45) is 0 Å². The third-order valence-electron chi connectivity index (χ3n) is 2.96. The van der Waals surface area contributed by atoms with E-state index in [1.54, 1.807) is 6.92 Å². The lowest BCUT2D eigenvalue weighted by Crippen LogP contribution is -2.19. The molecule has 0 unspecified atom stereocenters. The maximum absolute atomic E-state index is 10.8. The van der Waals surface area contributed by atoms with Gasteiger partial charge in [-0.3, -0.25) is 4.79 Å². The minimum Gasteiger partial charge on any atom is -0.353 e. The van der Waals surface area contributed by atoms with Crippen molar-refractivity contribution in [3.63, 3.8) is 0 Å². The molecule has 1 N–H and O–H groups in total. The quantitative estimate of drug-likeness (QED) is 0.807. The van der Waals surface area contributed by atoms with Crippen LogP contribution in [0.5, 0.6) is 0 Å². The Kier molecular flexibility index (Phi) is 3.40. The average Bonchev–Trinajstić information content (AvgIpc) is 2.29. The fourth-order valence-corrected chi connectivity index (χ4v) is 2.19. The number of allylic oxidation sites excluding steroid dienone is 1. The van der Waals surface area contributed by atoms with E-state index in [1.807, 2.05) is 0 Å². The van der Waals surface area contributed by atoms with Gasteiger partial charge in [-0.05, 0) is 36.0 Å². The summed E-state index contributed by atoms with van der Waals surface area (Å²) in [6.07, 6.45) is 5.65. The van der Waals surface area contributed by atoms with E-state index in [2.05, 4.69) is 35.7 Å². The van der Waals surface area contributed by atoms with Gasteiger partial charge >= 0.3 is 0 Å². The SMILES string of the molecule is CC(=O)NCC=C1CCCc2ccccc21. The minimum absolute atomic E-state index is 0.0287.